The normalized spacial score (nSPS) is 18.4. The summed E-state index contributed by atoms with van der Waals surface area (Å²) in [7, 11) is 0. The van der Waals surface area contributed by atoms with Gasteiger partial charge in [0.05, 0.1) is 0 Å². The lowest BCUT2D eigenvalue weighted by Gasteiger charge is -2.39. The van der Waals surface area contributed by atoms with E-state index in [2.05, 4.69) is 20.9 Å². The third kappa shape index (κ3) is 3.11. The van der Waals surface area contributed by atoms with Gasteiger partial charge in [-0.1, -0.05) is 6.07 Å². The number of aromatic nitrogens is 2. The third-order valence-electron chi connectivity index (χ3n) is 5.46. The number of carboxylic acid groups (broad SMARTS) is 1. The van der Waals surface area contributed by atoms with Gasteiger partial charge in [0.1, 0.15) is 17.9 Å². The maximum absolute atomic E-state index is 12.0. The van der Waals surface area contributed by atoms with Crippen LogP contribution in [-0.2, 0) is 17.6 Å². The molecule has 1 aliphatic heterocycles. The third-order valence-corrected chi connectivity index (χ3v) is 5.46. The van der Waals surface area contributed by atoms with Crippen molar-refractivity contribution in [2.75, 3.05) is 18.0 Å². The molecule has 1 saturated heterocycles. The zero-order chi connectivity index (χ0) is 18.1. The second-order valence-corrected chi connectivity index (χ2v) is 7.19. The largest absolute Gasteiger partial charge is 0.478 e. The number of aryl methyl sites for hydroxylation is 3. The first-order chi connectivity index (χ1) is 12.6. The van der Waals surface area contributed by atoms with Crippen LogP contribution in [0.2, 0.25) is 0 Å². The van der Waals surface area contributed by atoms with Crippen LogP contribution in [0.25, 0.3) is 0 Å². The molecular formula is C20H23N3O3. The summed E-state index contributed by atoms with van der Waals surface area (Å²) in [5, 5.41) is 9.88. The quantitative estimate of drug-likeness (QED) is 0.911. The average molecular weight is 353 g/mol. The van der Waals surface area contributed by atoms with Crippen LogP contribution in [-0.4, -0.2) is 39.7 Å². The highest BCUT2D eigenvalue weighted by Gasteiger charge is 2.44. The second kappa shape index (κ2) is 6.59. The molecule has 0 atom stereocenters. The van der Waals surface area contributed by atoms with Gasteiger partial charge in [-0.3, -0.25) is 0 Å². The molecule has 1 fully saturated rings. The van der Waals surface area contributed by atoms with E-state index >= 15 is 0 Å². The SMILES string of the molecule is Cc1cc(N2CCC(Oc3ccc4c(c3)CCC4)(C(=O)O)CC2)ncn1. The number of hydrogen-bond donors (Lipinski definition) is 1. The Bertz CT molecular complexity index is 829. The highest BCUT2D eigenvalue weighted by molar-refractivity contribution is 5.78. The topological polar surface area (TPSA) is 75.5 Å². The fraction of sp³-hybridized carbons (Fsp3) is 0.450. The second-order valence-electron chi connectivity index (χ2n) is 7.19. The molecule has 2 heterocycles. The van der Waals surface area contributed by atoms with Crippen LogP contribution in [0.5, 0.6) is 5.75 Å². The summed E-state index contributed by atoms with van der Waals surface area (Å²) in [5.41, 5.74) is 2.37. The first-order valence-electron chi connectivity index (χ1n) is 9.14. The van der Waals surface area contributed by atoms with Gasteiger partial charge < -0.3 is 14.7 Å². The van der Waals surface area contributed by atoms with Crippen molar-refractivity contribution >= 4 is 11.8 Å². The van der Waals surface area contributed by atoms with Gasteiger partial charge >= 0.3 is 5.97 Å². The van der Waals surface area contributed by atoms with Gasteiger partial charge in [-0.15, -0.1) is 0 Å². The zero-order valence-corrected chi connectivity index (χ0v) is 14.9. The Balaban J connectivity index is 1.51. The predicted molar refractivity (Wildman–Crippen MR) is 97.7 cm³/mol. The van der Waals surface area contributed by atoms with Crippen molar-refractivity contribution in [2.45, 2.75) is 44.6 Å². The summed E-state index contributed by atoms with van der Waals surface area (Å²) in [5.74, 6) is 0.616. The number of fused-ring (bicyclic) bond motifs is 1. The number of ether oxygens (including phenoxy) is 1. The van der Waals surface area contributed by atoms with Crippen LogP contribution in [0.1, 0.15) is 36.1 Å². The van der Waals surface area contributed by atoms with Gasteiger partial charge in [0.15, 0.2) is 0 Å². The molecule has 1 aromatic heterocycles. The molecule has 1 aromatic carbocycles. The molecule has 1 N–H and O–H groups in total. The number of anilines is 1. The van der Waals surface area contributed by atoms with E-state index < -0.39 is 11.6 Å². The van der Waals surface area contributed by atoms with Gasteiger partial charge in [0.2, 0.25) is 5.60 Å². The molecule has 2 aliphatic rings. The summed E-state index contributed by atoms with van der Waals surface area (Å²) >= 11 is 0. The summed E-state index contributed by atoms with van der Waals surface area (Å²) in [6.07, 6.45) is 5.70. The first-order valence-corrected chi connectivity index (χ1v) is 9.14. The van der Waals surface area contributed by atoms with Crippen LogP contribution in [0.15, 0.2) is 30.6 Å². The zero-order valence-electron chi connectivity index (χ0n) is 14.9. The Kier molecular flexibility index (Phi) is 4.26. The number of piperidine rings is 1. The van der Waals surface area contributed by atoms with Gasteiger partial charge in [-0.2, -0.15) is 0 Å². The van der Waals surface area contributed by atoms with Gasteiger partial charge in [-0.05, 0) is 49.4 Å². The van der Waals surface area contributed by atoms with Crippen LogP contribution in [0.3, 0.4) is 0 Å². The lowest BCUT2D eigenvalue weighted by atomic mass is 9.91. The van der Waals surface area contributed by atoms with Crippen molar-refractivity contribution in [3.05, 3.63) is 47.4 Å². The highest BCUT2D eigenvalue weighted by atomic mass is 16.5. The molecule has 0 spiro atoms. The monoisotopic (exact) mass is 353 g/mol. The molecule has 26 heavy (non-hydrogen) atoms. The number of carbonyl (C=O) groups is 1. The fourth-order valence-corrected chi connectivity index (χ4v) is 3.91. The molecule has 4 rings (SSSR count). The molecule has 6 nitrogen and oxygen atoms in total. The molecule has 2 aromatic rings. The van der Waals surface area contributed by atoms with Gasteiger partial charge in [0, 0.05) is 37.7 Å². The summed E-state index contributed by atoms with van der Waals surface area (Å²) in [6, 6.07) is 7.93. The summed E-state index contributed by atoms with van der Waals surface area (Å²) in [4.78, 5) is 22.6. The number of benzene rings is 1. The van der Waals surface area contributed by atoms with Crippen molar-refractivity contribution in [1.29, 1.82) is 0 Å². The molecule has 136 valence electrons. The number of rotatable bonds is 4. The Morgan fingerprint density at radius 3 is 2.65 bits per heavy atom. The van der Waals surface area contributed by atoms with E-state index in [1.165, 1.54) is 11.1 Å². The lowest BCUT2D eigenvalue weighted by Crippen LogP contribution is -2.53. The van der Waals surface area contributed by atoms with Crippen molar-refractivity contribution in [3.63, 3.8) is 0 Å². The Morgan fingerprint density at radius 1 is 1.15 bits per heavy atom. The van der Waals surface area contributed by atoms with Gasteiger partial charge in [0.25, 0.3) is 0 Å². The predicted octanol–water partition coefficient (Wildman–Crippen LogP) is 2.78. The number of hydrogen-bond acceptors (Lipinski definition) is 5. The lowest BCUT2D eigenvalue weighted by molar-refractivity contribution is -0.157. The Morgan fingerprint density at radius 2 is 1.92 bits per heavy atom. The molecule has 0 amide bonds. The summed E-state index contributed by atoms with van der Waals surface area (Å²) in [6.45, 7) is 3.11. The number of carboxylic acids is 1. The van der Waals surface area contributed by atoms with Crippen LogP contribution in [0.4, 0.5) is 5.82 Å². The first kappa shape index (κ1) is 16.8. The van der Waals surface area contributed by atoms with E-state index in [1.807, 2.05) is 25.1 Å². The van der Waals surface area contributed by atoms with E-state index in [0.717, 1.165) is 30.8 Å². The van der Waals surface area contributed by atoms with Gasteiger partial charge in [-0.25, -0.2) is 14.8 Å². The van der Waals surface area contributed by atoms with Crippen molar-refractivity contribution in [2.24, 2.45) is 0 Å². The molecule has 0 unspecified atom stereocenters. The molecular weight excluding hydrogens is 330 g/mol. The van der Waals surface area contributed by atoms with Crippen LogP contribution in [0, 0.1) is 6.92 Å². The van der Waals surface area contributed by atoms with Crippen molar-refractivity contribution < 1.29 is 14.6 Å². The van der Waals surface area contributed by atoms with Crippen LogP contribution < -0.4 is 9.64 Å². The molecule has 1 aliphatic carbocycles. The minimum absolute atomic E-state index is 0.419. The van der Waals surface area contributed by atoms with Crippen LogP contribution >= 0.6 is 0 Å². The minimum atomic E-state index is -1.18. The average Bonchev–Trinajstić information content (AvgIpc) is 3.10. The smallest absolute Gasteiger partial charge is 0.348 e. The number of nitrogens with zero attached hydrogens (tertiary/aromatic N) is 3. The summed E-state index contributed by atoms with van der Waals surface area (Å²) < 4.78 is 6.08. The van der Waals surface area contributed by atoms with E-state index in [1.54, 1.807) is 6.33 Å². The fourth-order valence-electron chi connectivity index (χ4n) is 3.91. The van der Waals surface area contributed by atoms with Crippen molar-refractivity contribution in [1.82, 2.24) is 9.97 Å². The standard InChI is InChI=1S/C20H23N3O3/c1-14-11-18(22-13-21-14)23-9-7-20(8-10-23,19(24)25)26-17-6-5-15-3-2-4-16(15)12-17/h5-6,11-13H,2-4,7-10H2,1H3,(H,24,25). The van der Waals surface area contributed by atoms with Crippen molar-refractivity contribution in [3.8, 4) is 5.75 Å². The minimum Gasteiger partial charge on any atom is -0.478 e. The molecule has 0 saturated carbocycles. The highest BCUT2D eigenvalue weighted by Crippen LogP contribution is 2.33. The molecule has 6 heteroatoms. The van der Waals surface area contributed by atoms with E-state index in [0.29, 0.717) is 31.7 Å². The Labute approximate surface area is 152 Å². The maximum Gasteiger partial charge on any atom is 0.348 e. The van der Waals surface area contributed by atoms with E-state index in [4.69, 9.17) is 4.74 Å². The Hall–Kier alpha value is -2.63. The molecule has 0 bridgehead atoms. The van der Waals surface area contributed by atoms with E-state index in [-0.39, 0.29) is 0 Å². The molecule has 0 radical (unpaired) electrons. The maximum atomic E-state index is 12.0. The number of aliphatic carboxylic acids is 1. The van der Waals surface area contributed by atoms with E-state index in [9.17, 15) is 9.90 Å².